The Kier molecular flexibility index (Phi) is 2.50. The number of hydrogen-bond acceptors (Lipinski definition) is 1. The third-order valence-electron chi connectivity index (χ3n) is 8.57. The summed E-state index contributed by atoms with van der Waals surface area (Å²) in [4.78, 5) is 0. The molecule has 0 radical (unpaired) electrons. The van der Waals surface area contributed by atoms with Crippen LogP contribution in [0.3, 0.4) is 0 Å². The Balaban J connectivity index is 1.52. The largest absolute Gasteiger partial charge is 0.456 e. The molecule has 236 valence electrons. The molecule has 0 saturated carbocycles. The van der Waals surface area contributed by atoms with Crippen LogP contribution in [0.4, 0.5) is 0 Å². The molecule has 0 bridgehead atoms. The maximum Gasteiger partial charge on any atom is 0.136 e. The highest BCUT2D eigenvalue weighted by Gasteiger charge is 2.21. The first-order valence-corrected chi connectivity index (χ1v) is 15.2. The second-order valence-electron chi connectivity index (χ2n) is 11.3. The summed E-state index contributed by atoms with van der Waals surface area (Å²) < 4.78 is 281. The van der Waals surface area contributed by atoms with Crippen LogP contribution in [-0.4, -0.2) is 0 Å². The van der Waals surface area contributed by atoms with E-state index >= 15 is 0 Å². The molecule has 0 unspecified atom stereocenters. The zero-order chi connectivity index (χ0) is 59.6. The predicted molar refractivity (Wildman–Crippen MR) is 218 cm³/mol. The van der Waals surface area contributed by atoms with E-state index in [2.05, 4.69) is 0 Å². The van der Waals surface area contributed by atoms with Crippen LogP contribution in [0.25, 0.3) is 109 Å². The van der Waals surface area contributed by atoms with E-state index in [4.69, 9.17) is 31.8 Å². The van der Waals surface area contributed by atoms with Gasteiger partial charge in [-0.25, -0.2) is 0 Å². The highest BCUT2D eigenvalue weighted by molar-refractivity contribution is 6.25. The normalized spacial score (nSPS) is 20.2. The van der Waals surface area contributed by atoms with Crippen molar-refractivity contribution in [3.63, 3.8) is 0 Å². The highest BCUT2D eigenvalue weighted by Crippen LogP contribution is 2.48. The second-order valence-corrected chi connectivity index (χ2v) is 11.3. The molecule has 1 heterocycles. The van der Waals surface area contributed by atoms with Crippen molar-refractivity contribution in [3.05, 3.63) is 181 Å². The average Bonchev–Trinajstić information content (AvgIpc) is 3.92. The minimum absolute atomic E-state index is 0.470. The fourth-order valence-corrected chi connectivity index (χ4v) is 6.45. The summed E-state index contributed by atoms with van der Waals surface area (Å²) in [6, 6.07) is -29.2. The summed E-state index contributed by atoms with van der Waals surface area (Å²) in [7, 11) is 0. The molecule has 0 N–H and O–H groups in total. The third-order valence-corrected chi connectivity index (χ3v) is 8.57. The Morgan fingerprint density at radius 2 is 0.804 bits per heavy atom. The monoisotopic (exact) mass is 676 g/mol. The van der Waals surface area contributed by atoms with Gasteiger partial charge in [-0.1, -0.05) is 151 Å². The minimum atomic E-state index is -1.10. The van der Waals surface area contributed by atoms with E-state index in [0.29, 0.717) is 0 Å². The van der Waals surface area contributed by atoms with Crippen LogP contribution in [-0.2, 0) is 0 Å². The van der Waals surface area contributed by atoms with Gasteiger partial charge in [0.2, 0.25) is 0 Å². The number of benzene rings is 10. The molecule has 10 aromatic carbocycles. The Labute approximate surface area is 336 Å². The summed E-state index contributed by atoms with van der Waals surface area (Å²) in [6.07, 6.45) is 0. The van der Waals surface area contributed by atoms with E-state index in [1.54, 1.807) is 0 Å². The average molecular weight is 677 g/mol. The van der Waals surface area contributed by atoms with Crippen LogP contribution in [0.1, 0.15) is 41.1 Å². The van der Waals surface area contributed by atoms with Crippen molar-refractivity contribution in [2.24, 2.45) is 0 Å². The van der Waals surface area contributed by atoms with Crippen molar-refractivity contribution in [2.75, 3.05) is 0 Å². The van der Waals surface area contributed by atoms with Gasteiger partial charge in [0.15, 0.2) is 0 Å². The molecule has 1 aromatic heterocycles. The van der Waals surface area contributed by atoms with Crippen LogP contribution >= 0.6 is 0 Å². The van der Waals surface area contributed by atoms with Gasteiger partial charge in [-0.3, -0.25) is 0 Å². The molecule has 11 aromatic rings. The molecule has 1 heteroatoms. The van der Waals surface area contributed by atoms with Gasteiger partial charge in [0.05, 0.1) is 41.1 Å². The first-order chi connectivity index (χ1) is 37.8. The van der Waals surface area contributed by atoms with Gasteiger partial charge in [-0.05, 0) is 117 Å². The zero-order valence-electron chi connectivity index (χ0n) is 55.4. The summed E-state index contributed by atoms with van der Waals surface area (Å²) in [6.45, 7) is 0. The number of rotatable bonds is 3. The summed E-state index contributed by atoms with van der Waals surface area (Å²) >= 11 is 0. The lowest BCUT2D eigenvalue weighted by molar-refractivity contribution is 0.669. The van der Waals surface area contributed by atoms with Gasteiger partial charge in [-0.2, -0.15) is 0 Å². The smallest absolute Gasteiger partial charge is 0.136 e. The Hall–Kier alpha value is -6.70. The van der Waals surface area contributed by atoms with Gasteiger partial charge in [0.1, 0.15) is 11.2 Å². The lowest BCUT2D eigenvalue weighted by Crippen LogP contribution is -1.94. The maximum absolute atomic E-state index is 10.2. The zero-order valence-corrected chi connectivity index (χ0v) is 25.4. The predicted octanol–water partition coefficient (Wildman–Crippen LogP) is 14.4. The van der Waals surface area contributed by atoms with Crippen molar-refractivity contribution in [3.8, 4) is 33.4 Å². The SMILES string of the molecule is [2H]c1c(-c2c(-c3c4c([2H])c([2H])c([2H])c([2H])c4c(-c4c([2H])c([2H])c([2H])c5c([2H])c([2H])c([2H])c([2H])c45)c4c([2H])c([2H])c([2H])c([2H])c34)c([2H])c3c([2H])c([2H])c([2H])c([2H])c3c2[2H])c([2H])c2c(oc3c([2H])c([2H])c4c([2H])c([2H])c([2H])c([2H])c4c32)c1[2H]. The molecular formula is C50H30O. The number of fused-ring (bicyclic) bond motifs is 9. The topological polar surface area (TPSA) is 13.1 Å². The van der Waals surface area contributed by atoms with Gasteiger partial charge >= 0.3 is 0 Å². The first-order valence-electron chi connectivity index (χ1n) is 30.2. The van der Waals surface area contributed by atoms with E-state index < -0.39 is 290 Å². The Morgan fingerprint density at radius 1 is 0.314 bits per heavy atom. The van der Waals surface area contributed by atoms with E-state index in [-0.39, 0.29) is 0 Å². The third kappa shape index (κ3) is 4.22. The first kappa shape index (κ1) is 11.7. The maximum atomic E-state index is 10.2. The molecule has 11 rings (SSSR count). The van der Waals surface area contributed by atoms with Crippen molar-refractivity contribution < 1.29 is 45.5 Å². The van der Waals surface area contributed by atoms with Crippen LogP contribution in [0, 0.1) is 0 Å². The lowest BCUT2D eigenvalue weighted by Gasteiger charge is -2.21. The molecule has 0 fully saturated rings. The molecule has 0 atom stereocenters. The van der Waals surface area contributed by atoms with E-state index in [1.807, 2.05) is 0 Å². The van der Waals surface area contributed by atoms with Crippen molar-refractivity contribution in [2.45, 2.75) is 0 Å². The van der Waals surface area contributed by atoms with Crippen molar-refractivity contribution >= 4 is 75.8 Å². The molecular weight excluding hydrogens is 617 g/mol. The van der Waals surface area contributed by atoms with Crippen LogP contribution in [0.5, 0.6) is 0 Å². The van der Waals surface area contributed by atoms with Crippen molar-refractivity contribution in [1.82, 2.24) is 0 Å². The lowest BCUT2D eigenvalue weighted by atomic mass is 9.82. The van der Waals surface area contributed by atoms with Crippen molar-refractivity contribution in [1.29, 1.82) is 0 Å². The highest BCUT2D eigenvalue weighted by atomic mass is 16.3. The second kappa shape index (κ2) is 10.9. The fraction of sp³-hybridized carbons (Fsp3) is 0. The molecule has 51 heavy (non-hydrogen) atoms. The molecule has 0 amide bonds. The van der Waals surface area contributed by atoms with E-state index in [1.165, 1.54) is 0 Å². The molecule has 0 saturated heterocycles. The van der Waals surface area contributed by atoms with Gasteiger partial charge in [0, 0.05) is 10.8 Å². The standard InChI is InChI=1S/C50H30O/c1-2-15-34-29-44(43(28-33(34)14-1)35-25-26-46-45(30-35)50-37-18-6-4-13-32(37)24-27-47(50)51-46)49-41-21-9-7-19-39(41)48(40-20-8-10-22-42(40)49)38-23-11-16-31-12-3-5-17-36(31)38/h1-30H/i1D,2D,3D,4D,5D,6D,7D,8D,9D,10D,11D,12D,13D,14D,15D,16D,17D,18D,19D,20D,21D,22D,23D,24D,25D,26D,27D,28D,29D,30D. The van der Waals surface area contributed by atoms with Crippen LogP contribution in [0.15, 0.2) is 186 Å². The van der Waals surface area contributed by atoms with Crippen LogP contribution < -0.4 is 0 Å². The van der Waals surface area contributed by atoms with Gasteiger partial charge in [0.25, 0.3) is 0 Å². The van der Waals surface area contributed by atoms with E-state index in [9.17, 15) is 13.7 Å². The summed E-state index contributed by atoms with van der Waals surface area (Å²) in [5.41, 5.74) is -6.52. The number of hydrogen-bond donors (Lipinski definition) is 0. The molecule has 0 aliphatic heterocycles. The molecule has 1 nitrogen and oxygen atoms in total. The fourth-order valence-electron chi connectivity index (χ4n) is 6.45. The van der Waals surface area contributed by atoms with Gasteiger partial charge in [-0.15, -0.1) is 0 Å². The van der Waals surface area contributed by atoms with Crippen LogP contribution in [0.2, 0.25) is 0 Å². The Bertz CT molecular complexity index is 4840. The summed E-state index contributed by atoms with van der Waals surface area (Å²) in [5, 5.41) is -8.41. The van der Waals surface area contributed by atoms with Gasteiger partial charge < -0.3 is 4.42 Å². The number of furan rings is 1. The molecule has 0 spiro atoms. The quantitative estimate of drug-likeness (QED) is 0.170. The summed E-state index contributed by atoms with van der Waals surface area (Å²) in [5.74, 6) is 0. The Morgan fingerprint density at radius 3 is 1.47 bits per heavy atom. The molecule has 0 aliphatic rings. The minimum Gasteiger partial charge on any atom is -0.456 e. The molecule has 0 aliphatic carbocycles. The van der Waals surface area contributed by atoms with E-state index in [0.717, 1.165) is 0 Å².